The summed E-state index contributed by atoms with van der Waals surface area (Å²) in [6.45, 7) is 11.4. The van der Waals surface area contributed by atoms with Crippen LogP contribution in [0.2, 0.25) is 0 Å². The number of halogens is 1. The van der Waals surface area contributed by atoms with Crippen molar-refractivity contribution in [3.63, 3.8) is 0 Å². The Bertz CT molecular complexity index is 1500. The second-order valence-corrected chi connectivity index (χ2v) is 14.5. The minimum Gasteiger partial charge on any atom is -0.393 e. The highest BCUT2D eigenvalue weighted by molar-refractivity contribution is 9.10. The van der Waals surface area contributed by atoms with E-state index in [1.165, 1.54) is 18.3 Å². The molecule has 17 heteroatoms. The summed E-state index contributed by atoms with van der Waals surface area (Å²) in [5.41, 5.74) is 7.59. The van der Waals surface area contributed by atoms with Crippen LogP contribution < -0.4 is 20.9 Å². The fourth-order valence-electron chi connectivity index (χ4n) is 6.34. The first-order valence-corrected chi connectivity index (χ1v) is 18.9. The zero-order chi connectivity index (χ0) is 38.9. The molecule has 6 heterocycles. The van der Waals surface area contributed by atoms with Gasteiger partial charge in [0.2, 0.25) is 0 Å². The molecule has 16 nitrogen and oxygen atoms in total. The van der Waals surface area contributed by atoms with Gasteiger partial charge >= 0.3 is 11.6 Å². The first-order chi connectivity index (χ1) is 25.2. The summed E-state index contributed by atoms with van der Waals surface area (Å²) in [7, 11) is 0. The average Bonchev–Trinajstić information content (AvgIpc) is 3.16. The van der Waals surface area contributed by atoms with Gasteiger partial charge in [0, 0.05) is 38.3 Å². The lowest BCUT2D eigenvalue weighted by molar-refractivity contribution is -0.389. The summed E-state index contributed by atoms with van der Waals surface area (Å²) in [6.07, 6.45) is 10.4. The van der Waals surface area contributed by atoms with Crippen LogP contribution in [-0.2, 0) is 0 Å². The first kappa shape index (κ1) is 43.4. The Balaban J connectivity index is 0.000000198. The molecular formula is C36H54BrN9O7. The van der Waals surface area contributed by atoms with Crippen LogP contribution in [0.25, 0.3) is 0 Å². The molecule has 3 atom stereocenters. The number of aliphatic hydroxyl groups is 3. The number of nitrogens with two attached hydrogens (primary N) is 1. The van der Waals surface area contributed by atoms with E-state index in [0.717, 1.165) is 93.6 Å². The number of nitro groups is 2. The molecule has 0 spiro atoms. The predicted molar refractivity (Wildman–Crippen MR) is 209 cm³/mol. The lowest BCUT2D eigenvalue weighted by atomic mass is 9.92. The van der Waals surface area contributed by atoms with E-state index in [-0.39, 0.29) is 29.9 Å². The van der Waals surface area contributed by atoms with Gasteiger partial charge in [-0.3, -0.25) is 0 Å². The van der Waals surface area contributed by atoms with Gasteiger partial charge in [0.05, 0.1) is 40.4 Å². The number of hydrogen-bond acceptors (Lipinski definition) is 14. The van der Waals surface area contributed by atoms with Crippen molar-refractivity contribution in [1.82, 2.24) is 20.3 Å². The maximum atomic E-state index is 10.5. The highest BCUT2D eigenvalue weighted by Crippen LogP contribution is 2.26. The number of nitrogens with zero attached hydrogens (tertiary/aromatic N) is 7. The molecule has 53 heavy (non-hydrogen) atoms. The van der Waals surface area contributed by atoms with E-state index in [4.69, 9.17) is 10.8 Å². The van der Waals surface area contributed by atoms with Crippen LogP contribution in [0.3, 0.4) is 0 Å². The van der Waals surface area contributed by atoms with Gasteiger partial charge in [-0.25, -0.2) is 4.98 Å². The summed E-state index contributed by atoms with van der Waals surface area (Å²) in [5.74, 6) is 1.64. The van der Waals surface area contributed by atoms with Crippen LogP contribution in [0.5, 0.6) is 0 Å². The Morgan fingerprint density at radius 3 is 1.40 bits per heavy atom. The Morgan fingerprint density at radius 1 is 0.679 bits per heavy atom. The van der Waals surface area contributed by atoms with Gasteiger partial charge in [-0.15, -0.1) is 0 Å². The first-order valence-electron chi connectivity index (χ1n) is 18.1. The number of aromatic nitrogens is 3. The van der Waals surface area contributed by atoms with Crippen LogP contribution >= 0.6 is 15.9 Å². The Kier molecular flexibility index (Phi) is 18.2. The van der Waals surface area contributed by atoms with E-state index < -0.39 is 9.85 Å². The summed E-state index contributed by atoms with van der Waals surface area (Å²) < 4.78 is 0.734. The van der Waals surface area contributed by atoms with E-state index in [1.54, 1.807) is 18.3 Å². The van der Waals surface area contributed by atoms with Crippen molar-refractivity contribution in [3.8, 4) is 0 Å². The van der Waals surface area contributed by atoms with E-state index >= 15 is 0 Å². The molecule has 6 N–H and O–H groups in total. The minimum atomic E-state index is -0.535. The van der Waals surface area contributed by atoms with Gasteiger partial charge in [-0.1, -0.05) is 0 Å². The van der Waals surface area contributed by atoms with Crippen molar-refractivity contribution in [2.45, 2.75) is 77.6 Å². The van der Waals surface area contributed by atoms with Crippen molar-refractivity contribution >= 4 is 44.8 Å². The van der Waals surface area contributed by atoms with Crippen LogP contribution in [0.1, 0.15) is 59.3 Å². The number of piperidine rings is 3. The number of nitrogens with one attached hydrogen (secondary N) is 1. The molecule has 0 amide bonds. The normalized spacial score (nSPS) is 18.5. The number of aliphatic hydroxyl groups excluding tert-OH is 3. The van der Waals surface area contributed by atoms with Gasteiger partial charge < -0.3 is 56.4 Å². The van der Waals surface area contributed by atoms with Crippen molar-refractivity contribution in [3.05, 3.63) is 79.7 Å². The molecular weight excluding hydrogens is 750 g/mol. The monoisotopic (exact) mass is 803 g/mol. The lowest BCUT2D eigenvalue weighted by Crippen LogP contribution is -2.37. The van der Waals surface area contributed by atoms with Gasteiger partial charge in [0.1, 0.15) is 5.82 Å². The number of nitrogen functional groups attached to an aromatic ring is 1. The van der Waals surface area contributed by atoms with Crippen molar-refractivity contribution in [2.24, 2.45) is 17.8 Å². The second-order valence-electron chi connectivity index (χ2n) is 13.6. The minimum absolute atomic E-state index is 0.105. The van der Waals surface area contributed by atoms with E-state index in [0.29, 0.717) is 23.6 Å². The molecule has 3 saturated heterocycles. The molecule has 3 aliphatic rings. The molecule has 0 radical (unpaired) electrons. The summed E-state index contributed by atoms with van der Waals surface area (Å²) >= 11 is 3.11. The number of anilines is 3. The molecule has 3 aromatic rings. The average molecular weight is 805 g/mol. The molecule has 0 unspecified atom stereocenters. The predicted octanol–water partition coefficient (Wildman–Crippen LogP) is 4.97. The van der Waals surface area contributed by atoms with Gasteiger partial charge in [-0.2, -0.15) is 0 Å². The number of hydrogen-bond donors (Lipinski definition) is 5. The zero-order valence-electron chi connectivity index (χ0n) is 30.7. The van der Waals surface area contributed by atoms with Crippen LogP contribution in [0, 0.1) is 38.0 Å². The Morgan fingerprint density at radius 2 is 1.08 bits per heavy atom. The molecule has 0 aliphatic carbocycles. The van der Waals surface area contributed by atoms with Crippen LogP contribution in [-0.4, -0.2) is 97.7 Å². The Hall–Kier alpha value is -4.03. The number of rotatable bonds is 7. The molecule has 0 aromatic carbocycles. The highest BCUT2D eigenvalue weighted by Gasteiger charge is 2.24. The SMILES string of the molecule is C[C@H](O)C1CCN(c2ccc(N)nc2)CC1.C[C@H](O)C1CCN(c2ccc([N+](=O)[O-])nc2)CC1.C[C@H](O)C1CCNCC1.O=[N+]([O-])c1ccc(Br)cn1. The third-order valence-corrected chi connectivity index (χ3v) is 10.3. The maximum Gasteiger partial charge on any atom is 0.363 e. The maximum absolute atomic E-state index is 10.5. The molecule has 3 aliphatic heterocycles. The molecule has 6 rings (SSSR count). The molecule has 3 aromatic heterocycles. The second kappa shape index (κ2) is 22.2. The smallest absolute Gasteiger partial charge is 0.363 e. The van der Waals surface area contributed by atoms with Crippen LogP contribution in [0.15, 0.2) is 59.5 Å². The van der Waals surface area contributed by atoms with Crippen LogP contribution in [0.4, 0.5) is 28.8 Å². The molecule has 3 fully saturated rings. The van der Waals surface area contributed by atoms with Crippen molar-refractivity contribution < 1.29 is 25.2 Å². The van der Waals surface area contributed by atoms with E-state index in [9.17, 15) is 30.4 Å². The Labute approximate surface area is 319 Å². The molecule has 0 saturated carbocycles. The third kappa shape index (κ3) is 15.1. The fraction of sp³-hybridized carbons (Fsp3) is 0.583. The van der Waals surface area contributed by atoms with Gasteiger partial charge in [0.25, 0.3) is 0 Å². The number of pyridine rings is 3. The van der Waals surface area contributed by atoms with Gasteiger partial charge in [0.15, 0.2) is 12.4 Å². The van der Waals surface area contributed by atoms with Crippen molar-refractivity contribution in [2.75, 3.05) is 54.8 Å². The van der Waals surface area contributed by atoms with Crippen molar-refractivity contribution in [1.29, 1.82) is 0 Å². The summed E-state index contributed by atoms with van der Waals surface area (Å²) in [6, 6.07) is 9.90. The standard InChI is InChI=1S/C12H17N3O3.C12H19N3O.C7H15NO.C5H3BrN2O2/c1-9(16)10-4-6-14(7-5-10)11-2-3-12(13-8-11)15(17)18;1-9(16)10-4-6-15(7-5-10)11-2-3-12(13)14-8-11;1-6(9)7-2-4-8-5-3-7;6-4-1-2-5(7-3-4)8(9)10/h2-3,8-10,16H,4-7H2,1H3;2-3,8-10,16H,4-7H2,1H3,(H2,13,14);6-9H,2-5H2,1H3;1-3H/t2*9-;6-;/m000./s1. The molecule has 292 valence electrons. The summed E-state index contributed by atoms with van der Waals surface area (Å²) in [4.78, 5) is 35.4. The topological polar surface area (TPSA) is 230 Å². The van der Waals surface area contributed by atoms with Gasteiger partial charge in [-0.05, 0) is 150 Å². The highest BCUT2D eigenvalue weighted by atomic mass is 79.9. The van der Waals surface area contributed by atoms with E-state index in [1.807, 2.05) is 39.1 Å². The fourth-order valence-corrected chi connectivity index (χ4v) is 6.58. The quantitative estimate of drug-likeness (QED) is 0.157. The lowest BCUT2D eigenvalue weighted by Gasteiger charge is -2.34. The third-order valence-electron chi connectivity index (χ3n) is 9.83. The summed E-state index contributed by atoms with van der Waals surface area (Å²) in [5, 5.41) is 52.0. The molecule has 0 bridgehead atoms. The zero-order valence-corrected chi connectivity index (χ0v) is 32.3. The largest absolute Gasteiger partial charge is 0.393 e. The van der Waals surface area contributed by atoms with E-state index in [2.05, 4.69) is 46.0 Å².